The number of aryl methyl sites for hydroxylation is 3. The van der Waals surface area contributed by atoms with Crippen molar-refractivity contribution in [2.75, 3.05) is 77.8 Å². The average molecular weight is 1680 g/mol. The van der Waals surface area contributed by atoms with E-state index in [1.807, 2.05) is 67.6 Å². The molecule has 9 heterocycles. The van der Waals surface area contributed by atoms with Gasteiger partial charge in [-0.3, -0.25) is 44.0 Å². The van der Waals surface area contributed by atoms with Crippen molar-refractivity contribution in [3.05, 3.63) is 295 Å². The van der Waals surface area contributed by atoms with E-state index in [2.05, 4.69) is 90.5 Å². The number of hydrogen-bond donors (Lipinski definition) is 6. The van der Waals surface area contributed by atoms with Crippen LogP contribution in [0, 0.1) is 19.8 Å². The molecular weight excluding hydrogens is 1600 g/mol. The maximum absolute atomic E-state index is 12.8. The van der Waals surface area contributed by atoms with Crippen molar-refractivity contribution in [1.29, 1.82) is 0 Å². The number of halogens is 11. The van der Waals surface area contributed by atoms with Gasteiger partial charge < -0.3 is 36.6 Å². The van der Waals surface area contributed by atoms with Gasteiger partial charge in [-0.2, -0.15) is 26.3 Å². The highest BCUT2D eigenvalue weighted by molar-refractivity contribution is 6.35. The van der Waals surface area contributed by atoms with E-state index in [1.165, 1.54) is 20.0 Å². The zero-order valence-electron chi connectivity index (χ0n) is 62.9. The quantitative estimate of drug-likeness (QED) is 0.0289. The molecule has 4 amide bonds. The van der Waals surface area contributed by atoms with Gasteiger partial charge in [0.2, 0.25) is 0 Å². The number of rotatable bonds is 21. The number of alkyl halides is 6. The Hall–Kier alpha value is -11.5. The number of carbonyl (C=O) groups is 4. The molecule has 0 unspecified atom stereocenters. The molecule has 0 radical (unpaired) electrons. The number of anilines is 6. The second kappa shape index (κ2) is 41.2. The summed E-state index contributed by atoms with van der Waals surface area (Å²) >= 11 is 31.4. The van der Waals surface area contributed by atoms with Gasteiger partial charge >= 0.3 is 12.4 Å². The Labute approximate surface area is 690 Å². The van der Waals surface area contributed by atoms with Gasteiger partial charge in [-0.1, -0.05) is 97.0 Å². The zero-order valence-corrected chi connectivity index (χ0v) is 66.7. The fourth-order valence-electron chi connectivity index (χ4n) is 11.3. The van der Waals surface area contributed by atoms with Crippen LogP contribution in [0.4, 0.5) is 60.7 Å². The van der Waals surface area contributed by atoms with Crippen LogP contribution >= 0.6 is 58.0 Å². The molecule has 20 nitrogen and oxygen atoms in total. The van der Waals surface area contributed by atoms with Crippen LogP contribution in [0.3, 0.4) is 0 Å². The minimum atomic E-state index is -4.56. The molecule has 0 spiro atoms. The number of nitrogens with one attached hydrogen (secondary N) is 6. The van der Waals surface area contributed by atoms with Crippen molar-refractivity contribution < 1.29 is 50.3 Å². The highest BCUT2D eigenvalue weighted by Crippen LogP contribution is 2.36. The minimum Gasteiger partial charge on any atom is -0.379 e. The van der Waals surface area contributed by atoms with Crippen LogP contribution < -0.4 is 31.9 Å². The highest BCUT2D eigenvalue weighted by Gasteiger charge is 2.34. The fraction of sp³-hybridized carbons (Fsp3) is 0.200. The topological polar surface area (TPSA) is 256 Å². The predicted molar refractivity (Wildman–Crippen MR) is 445 cm³/mol. The monoisotopic (exact) mass is 1680 g/mol. The Balaban J connectivity index is 0.000000164. The van der Waals surface area contributed by atoms with E-state index in [0.29, 0.717) is 93.2 Å². The summed E-state index contributed by atoms with van der Waals surface area (Å²) < 4.78 is 81.8. The first-order chi connectivity index (χ1) is 55.6. The van der Waals surface area contributed by atoms with Crippen LogP contribution in [0.1, 0.15) is 97.0 Å². The van der Waals surface area contributed by atoms with E-state index in [0.717, 1.165) is 117 Å². The lowest BCUT2D eigenvalue weighted by atomic mass is 10.1. The number of hydrogen-bond acceptors (Lipinski definition) is 16. The summed E-state index contributed by atoms with van der Waals surface area (Å²) in [6.07, 6.45) is 2.53. The highest BCUT2D eigenvalue weighted by atomic mass is 35.5. The Bertz CT molecular complexity index is 5390. The van der Waals surface area contributed by atoms with Crippen LogP contribution in [0.2, 0.25) is 25.1 Å². The molecule has 1 aliphatic heterocycles. The molecule has 1 aliphatic rings. The number of aromatic nitrogens is 8. The normalized spacial score (nSPS) is 12.0. The summed E-state index contributed by atoms with van der Waals surface area (Å²) in [5.41, 5.74) is 7.62. The van der Waals surface area contributed by atoms with E-state index < -0.39 is 35.6 Å². The van der Waals surface area contributed by atoms with E-state index >= 15 is 0 Å². The third kappa shape index (κ3) is 25.0. The Morgan fingerprint density at radius 1 is 0.457 bits per heavy atom. The average Bonchev–Trinajstić information content (AvgIpc) is 0.821. The van der Waals surface area contributed by atoms with Crippen molar-refractivity contribution >= 4 is 116 Å². The number of morpholine rings is 1. The molecule has 31 heteroatoms. The van der Waals surface area contributed by atoms with Crippen LogP contribution in [-0.2, 0) is 23.5 Å². The molecule has 0 saturated carbocycles. The van der Waals surface area contributed by atoms with Gasteiger partial charge in [0, 0.05) is 108 Å². The van der Waals surface area contributed by atoms with E-state index in [4.69, 9.17) is 62.7 Å². The summed E-state index contributed by atoms with van der Waals surface area (Å²) in [5, 5.41) is 20.0. The lowest BCUT2D eigenvalue weighted by molar-refractivity contribution is -0.142. The molecule has 1 saturated heterocycles. The standard InChI is InChI=1S/C24H26ClN5O2.C21H20Cl2N4O.C21H17ClF3N3O.C19H13ClF3N3O/c25-21-7-6-19(16-20(21)22-4-1-2-9-26-22)29-24(31)18-5-8-23(28-17-18)27-10-3-11-30-12-14-32-15-13-30;1-13(2)11-25-20-18(23)9-14(12-26-20)21(28)27-15-6-7-17(22)16(10-15)19-5-3-4-8-24-19;1-3-13-8-9-26-18(10-13)16-11-14(4-6-17(16)22)28-20(29)15-5-7-19(21(23,24)25)27-12(15)2;1-11-13(6-8-17(25-11)19(21,22)23)18(27)26-12-5-7-15(20)14(10-12)16-4-2-3-9-24-16/h1-2,4-9,16-17H,3,10-15H2,(H,27,28)(H,29,31);3-10,12-13H,11H2,1-2H3,(H,25,26)(H,27,28);4-11H,3H2,1-2H3,(H,28,29);2-10H,1H3,(H,26,27). The summed E-state index contributed by atoms with van der Waals surface area (Å²) in [7, 11) is 0. The maximum Gasteiger partial charge on any atom is 0.433 e. The number of ether oxygens (including phenoxy) is 1. The zero-order chi connectivity index (χ0) is 83.1. The first-order valence-corrected chi connectivity index (χ1v) is 38.1. The van der Waals surface area contributed by atoms with Gasteiger partial charge in [0.05, 0.1) is 94.7 Å². The molecule has 598 valence electrons. The largest absolute Gasteiger partial charge is 0.433 e. The fourth-order valence-corrected chi connectivity index (χ4v) is 12.4. The molecule has 116 heavy (non-hydrogen) atoms. The van der Waals surface area contributed by atoms with E-state index in [9.17, 15) is 45.5 Å². The molecule has 1 fully saturated rings. The summed E-state index contributed by atoms with van der Waals surface area (Å²) in [5.74, 6) is 0.113. The van der Waals surface area contributed by atoms with Crippen LogP contribution in [0.25, 0.3) is 45.0 Å². The molecule has 0 aliphatic carbocycles. The third-order valence-corrected chi connectivity index (χ3v) is 18.9. The number of nitrogens with zero attached hydrogens (tertiary/aromatic N) is 9. The summed E-state index contributed by atoms with van der Waals surface area (Å²) in [6.45, 7) is 15.2. The third-order valence-electron chi connectivity index (χ3n) is 17.3. The lowest BCUT2D eigenvalue weighted by Gasteiger charge is -2.26. The summed E-state index contributed by atoms with van der Waals surface area (Å²) in [6, 6.07) is 49.7. The minimum absolute atomic E-state index is 0.0103. The number of pyridine rings is 8. The number of carbonyl (C=O) groups excluding carboxylic acids is 4. The van der Waals surface area contributed by atoms with E-state index in [-0.39, 0.29) is 34.3 Å². The van der Waals surface area contributed by atoms with Gasteiger partial charge in [0.1, 0.15) is 23.0 Å². The van der Waals surface area contributed by atoms with Gasteiger partial charge in [-0.25, -0.2) is 19.9 Å². The van der Waals surface area contributed by atoms with Crippen molar-refractivity contribution in [2.24, 2.45) is 5.92 Å². The Morgan fingerprint density at radius 2 is 0.888 bits per heavy atom. The SMILES string of the molecule is CC(C)CNc1ncc(C(=O)Nc2ccc(Cl)c(-c3ccccn3)c2)cc1Cl.CCc1ccnc(-c2cc(NC(=O)c3ccc(C(F)(F)F)nc3C)ccc2Cl)c1.Cc1nc(C(F)(F)F)ccc1C(=O)Nc1ccc(Cl)c(-c2ccccn2)c1.O=C(Nc1ccc(Cl)c(-c2ccccn2)c1)c1ccc(NCCCN2CCOCC2)nc1. The first-order valence-electron chi connectivity index (χ1n) is 36.2. The van der Waals surface area contributed by atoms with Gasteiger partial charge in [-0.15, -0.1) is 0 Å². The molecule has 12 aromatic rings. The first kappa shape index (κ1) is 86.9. The van der Waals surface area contributed by atoms with Crippen LogP contribution in [-0.4, -0.2) is 114 Å². The van der Waals surface area contributed by atoms with Crippen LogP contribution in [0.15, 0.2) is 219 Å². The van der Waals surface area contributed by atoms with Gasteiger partial charge in [-0.05, 0) is 209 Å². The molecule has 6 N–H and O–H groups in total. The molecule has 0 atom stereocenters. The summed E-state index contributed by atoms with van der Waals surface area (Å²) in [4.78, 5) is 85.4. The van der Waals surface area contributed by atoms with Gasteiger partial charge in [0.15, 0.2) is 0 Å². The Kier molecular flexibility index (Phi) is 30.9. The second-order valence-electron chi connectivity index (χ2n) is 26.3. The lowest BCUT2D eigenvalue weighted by Crippen LogP contribution is -2.37. The number of benzene rings is 4. The molecular formula is C85H76Cl5F6N15O5. The smallest absolute Gasteiger partial charge is 0.379 e. The van der Waals surface area contributed by atoms with Crippen LogP contribution in [0.5, 0.6) is 0 Å². The molecule has 8 aromatic heterocycles. The van der Waals surface area contributed by atoms with Crippen molar-refractivity contribution in [2.45, 2.75) is 59.8 Å². The number of amides is 4. The van der Waals surface area contributed by atoms with Crippen molar-refractivity contribution in [1.82, 2.24) is 44.8 Å². The van der Waals surface area contributed by atoms with E-state index in [1.54, 1.807) is 128 Å². The van der Waals surface area contributed by atoms with Crippen molar-refractivity contribution in [3.63, 3.8) is 0 Å². The maximum atomic E-state index is 12.8. The predicted octanol–water partition coefficient (Wildman–Crippen LogP) is 21.3. The molecule has 13 rings (SSSR count). The Morgan fingerprint density at radius 3 is 1.28 bits per heavy atom. The van der Waals surface area contributed by atoms with Crippen molar-refractivity contribution in [3.8, 4) is 45.0 Å². The van der Waals surface area contributed by atoms with Gasteiger partial charge in [0.25, 0.3) is 23.6 Å². The molecule has 4 aromatic carbocycles. The second-order valence-corrected chi connectivity index (χ2v) is 28.3. The molecule has 0 bridgehead atoms.